The highest BCUT2D eigenvalue weighted by atomic mass is 16.5. The van der Waals surface area contributed by atoms with Crippen LogP contribution in [0.15, 0.2) is 12.1 Å². The van der Waals surface area contributed by atoms with Gasteiger partial charge in [0.2, 0.25) is 5.91 Å². The molecule has 4 atom stereocenters. The molecule has 0 aromatic heterocycles. The first-order chi connectivity index (χ1) is 13.5. The molecule has 5 aliphatic rings. The zero-order valence-electron chi connectivity index (χ0n) is 16.1. The molecule has 1 amide bonds. The molecule has 0 radical (unpaired) electrons. The van der Waals surface area contributed by atoms with Crippen LogP contribution in [0.2, 0.25) is 0 Å². The summed E-state index contributed by atoms with van der Waals surface area (Å²) in [5, 5.41) is 12.1. The Balaban J connectivity index is 1.55. The first kappa shape index (κ1) is 16.8. The van der Waals surface area contributed by atoms with Crippen LogP contribution in [-0.4, -0.2) is 53.1 Å². The van der Waals surface area contributed by atoms with Gasteiger partial charge in [-0.3, -0.25) is 9.59 Å². The Bertz CT molecular complexity index is 908. The first-order valence-electron chi connectivity index (χ1n) is 10.4. The predicted octanol–water partition coefficient (Wildman–Crippen LogP) is 1.75. The molecule has 2 heterocycles. The molecule has 2 saturated carbocycles. The third kappa shape index (κ3) is 1.70. The van der Waals surface area contributed by atoms with Crippen molar-refractivity contribution in [3.8, 4) is 11.5 Å². The van der Waals surface area contributed by atoms with Crippen molar-refractivity contribution >= 4 is 11.7 Å². The minimum atomic E-state index is -1.13. The fourth-order valence-electron chi connectivity index (χ4n) is 6.63. The summed E-state index contributed by atoms with van der Waals surface area (Å²) in [4.78, 5) is 28.0. The number of carbonyl (C=O) groups is 2. The summed E-state index contributed by atoms with van der Waals surface area (Å²) in [6.07, 6.45) is 4.17. The zero-order chi connectivity index (χ0) is 19.3. The quantitative estimate of drug-likeness (QED) is 0.842. The average molecular weight is 383 g/mol. The Morgan fingerprint density at radius 1 is 1.32 bits per heavy atom. The summed E-state index contributed by atoms with van der Waals surface area (Å²) in [5.74, 6) is 1.57. The van der Waals surface area contributed by atoms with Gasteiger partial charge in [0, 0.05) is 24.4 Å². The summed E-state index contributed by atoms with van der Waals surface area (Å²) >= 11 is 0. The molecule has 28 heavy (non-hydrogen) atoms. The summed E-state index contributed by atoms with van der Waals surface area (Å²) in [6, 6.07) is 3.61. The number of likely N-dealkylation sites (tertiary alicyclic amines) is 1. The minimum absolute atomic E-state index is 0.0493. The molecule has 1 aromatic carbocycles. The van der Waals surface area contributed by atoms with Gasteiger partial charge in [0.05, 0.1) is 24.2 Å². The number of piperidine rings is 1. The van der Waals surface area contributed by atoms with Crippen molar-refractivity contribution in [2.75, 3.05) is 13.7 Å². The van der Waals surface area contributed by atoms with E-state index in [2.05, 4.69) is 0 Å². The molecule has 6 heteroatoms. The van der Waals surface area contributed by atoms with Crippen LogP contribution in [0, 0.1) is 5.92 Å². The molecule has 6 rings (SSSR count). The zero-order valence-corrected chi connectivity index (χ0v) is 16.1. The number of hydrogen-bond donors (Lipinski definition) is 1. The highest BCUT2D eigenvalue weighted by molar-refractivity contribution is 5.90. The van der Waals surface area contributed by atoms with Crippen molar-refractivity contribution in [3.05, 3.63) is 23.3 Å². The Hall–Kier alpha value is -2.08. The number of rotatable bonds is 2. The van der Waals surface area contributed by atoms with Gasteiger partial charge in [0.15, 0.2) is 23.4 Å². The summed E-state index contributed by atoms with van der Waals surface area (Å²) in [6.45, 7) is 0.575. The van der Waals surface area contributed by atoms with Gasteiger partial charge in [-0.15, -0.1) is 0 Å². The van der Waals surface area contributed by atoms with Crippen molar-refractivity contribution in [2.45, 2.75) is 68.1 Å². The first-order valence-corrected chi connectivity index (χ1v) is 10.4. The van der Waals surface area contributed by atoms with Crippen LogP contribution in [0.1, 0.15) is 49.7 Å². The summed E-state index contributed by atoms with van der Waals surface area (Å²) in [5.41, 5.74) is 0.141. The maximum Gasteiger partial charge on any atom is 0.226 e. The van der Waals surface area contributed by atoms with Gasteiger partial charge in [-0.05, 0) is 43.7 Å². The van der Waals surface area contributed by atoms with Crippen molar-refractivity contribution in [3.63, 3.8) is 0 Å². The van der Waals surface area contributed by atoms with Gasteiger partial charge in [0.1, 0.15) is 0 Å². The number of hydrogen-bond acceptors (Lipinski definition) is 5. The number of carbonyl (C=O) groups excluding carboxylic acids is 2. The van der Waals surface area contributed by atoms with E-state index in [0.29, 0.717) is 37.3 Å². The maximum absolute atomic E-state index is 13.2. The number of amides is 1. The van der Waals surface area contributed by atoms with Crippen molar-refractivity contribution < 1.29 is 24.2 Å². The smallest absolute Gasteiger partial charge is 0.226 e. The summed E-state index contributed by atoms with van der Waals surface area (Å²) < 4.78 is 11.7. The van der Waals surface area contributed by atoms with E-state index in [1.54, 1.807) is 7.11 Å². The normalized spacial score (nSPS) is 37.8. The van der Waals surface area contributed by atoms with Gasteiger partial charge >= 0.3 is 0 Å². The third-order valence-electron chi connectivity index (χ3n) is 8.20. The number of ketones is 1. The maximum atomic E-state index is 13.2. The van der Waals surface area contributed by atoms with E-state index in [4.69, 9.17) is 9.47 Å². The van der Waals surface area contributed by atoms with E-state index in [9.17, 15) is 14.7 Å². The van der Waals surface area contributed by atoms with Gasteiger partial charge in [-0.1, -0.05) is 12.5 Å². The van der Waals surface area contributed by atoms with Gasteiger partial charge < -0.3 is 19.5 Å². The van der Waals surface area contributed by atoms with Crippen molar-refractivity contribution in [1.82, 2.24) is 4.90 Å². The lowest BCUT2D eigenvalue weighted by Crippen LogP contribution is -2.77. The van der Waals surface area contributed by atoms with Crippen LogP contribution in [0.3, 0.4) is 0 Å². The van der Waals surface area contributed by atoms with E-state index < -0.39 is 17.1 Å². The second-order valence-electron chi connectivity index (χ2n) is 9.12. The summed E-state index contributed by atoms with van der Waals surface area (Å²) in [7, 11) is 1.60. The molecule has 2 bridgehead atoms. The minimum Gasteiger partial charge on any atom is -0.493 e. The monoisotopic (exact) mass is 383 g/mol. The molecule has 148 valence electrons. The van der Waals surface area contributed by atoms with E-state index in [-0.39, 0.29) is 30.1 Å². The number of benzene rings is 1. The standard InChI is InChI=1S/C22H25NO5/c1-27-15-6-5-13-11-16-22(26)8-7-14(24)19-21(22,17(13)18(15)28-19)9-10-23(16)20(25)12-3-2-4-12/h5-6,12,16,19,26H,2-4,7-11H2,1H3/t16?,19-,21?,22?/m0/s1. The molecule has 1 saturated heterocycles. The Morgan fingerprint density at radius 3 is 2.86 bits per heavy atom. The van der Waals surface area contributed by atoms with E-state index in [1.165, 1.54) is 0 Å². The molecular formula is C22H25NO5. The van der Waals surface area contributed by atoms with E-state index in [0.717, 1.165) is 30.4 Å². The van der Waals surface area contributed by atoms with Crippen LogP contribution in [0.25, 0.3) is 0 Å². The highest BCUT2D eigenvalue weighted by Gasteiger charge is 2.73. The van der Waals surface area contributed by atoms with Crippen LogP contribution in [0.4, 0.5) is 0 Å². The lowest BCUT2D eigenvalue weighted by molar-refractivity contribution is -0.195. The molecule has 3 unspecified atom stereocenters. The topological polar surface area (TPSA) is 76.1 Å². The molecule has 1 aromatic rings. The fraction of sp³-hybridized carbons (Fsp3) is 0.636. The van der Waals surface area contributed by atoms with Crippen molar-refractivity contribution in [1.29, 1.82) is 0 Å². The SMILES string of the molecule is COc1ccc2c3c1O[C@H]1C(=O)CCC4(O)C(C2)N(C(=O)C2CCC2)CCC314. The average Bonchev–Trinajstić information content (AvgIpc) is 2.98. The molecule has 2 aliphatic heterocycles. The number of nitrogens with zero attached hydrogens (tertiary/aromatic N) is 1. The molecule has 6 nitrogen and oxygen atoms in total. The van der Waals surface area contributed by atoms with Crippen LogP contribution in [-0.2, 0) is 21.4 Å². The number of aliphatic hydroxyl groups is 1. The molecule has 3 fully saturated rings. The fourth-order valence-corrected chi connectivity index (χ4v) is 6.63. The predicted molar refractivity (Wildman–Crippen MR) is 99.4 cm³/mol. The van der Waals surface area contributed by atoms with Gasteiger partial charge in [-0.25, -0.2) is 0 Å². The van der Waals surface area contributed by atoms with Gasteiger partial charge in [-0.2, -0.15) is 0 Å². The second kappa shape index (κ2) is 5.29. The lowest BCUT2D eigenvalue weighted by Gasteiger charge is -2.62. The largest absolute Gasteiger partial charge is 0.493 e. The Labute approximate surface area is 163 Å². The van der Waals surface area contributed by atoms with Crippen LogP contribution >= 0.6 is 0 Å². The molecule has 3 aliphatic carbocycles. The lowest BCUT2D eigenvalue weighted by atomic mass is 9.49. The Kier molecular flexibility index (Phi) is 3.18. The second-order valence-corrected chi connectivity index (χ2v) is 9.12. The number of methoxy groups -OCH3 is 1. The molecular weight excluding hydrogens is 358 g/mol. The van der Waals surface area contributed by atoms with Gasteiger partial charge in [0.25, 0.3) is 0 Å². The number of Topliss-reactive ketones (excluding diaryl/α,β-unsaturated/α-hetero) is 1. The third-order valence-corrected chi connectivity index (χ3v) is 8.20. The van der Waals surface area contributed by atoms with E-state index in [1.807, 2.05) is 17.0 Å². The molecule has 1 N–H and O–H groups in total. The van der Waals surface area contributed by atoms with Crippen LogP contribution < -0.4 is 9.47 Å². The van der Waals surface area contributed by atoms with Crippen LogP contribution in [0.5, 0.6) is 11.5 Å². The Morgan fingerprint density at radius 2 is 2.14 bits per heavy atom. The highest BCUT2D eigenvalue weighted by Crippen LogP contribution is 2.65. The molecule has 1 spiro atoms. The van der Waals surface area contributed by atoms with E-state index >= 15 is 0 Å². The van der Waals surface area contributed by atoms with Crippen molar-refractivity contribution in [2.24, 2.45) is 5.92 Å². The number of ether oxygens (including phenoxy) is 2.